The Hall–Kier alpha value is -1.82. The van der Waals surface area contributed by atoms with Gasteiger partial charge in [-0.25, -0.2) is 9.18 Å². The summed E-state index contributed by atoms with van der Waals surface area (Å²) in [4.78, 5) is 11.1. The van der Waals surface area contributed by atoms with Crippen molar-refractivity contribution in [3.8, 4) is 0 Å². The second kappa shape index (κ2) is 6.94. The standard InChI is InChI=1S/C13H19FN2O3/c1-8(2)7-19-6-5-16-10-4-3-9(14)12(15)11(10)13(17)18/h3-4,8,16H,5-7,15H2,1-2H3,(H,17,18). The van der Waals surface area contributed by atoms with Crippen LogP contribution in [0.5, 0.6) is 0 Å². The van der Waals surface area contributed by atoms with Gasteiger partial charge in [-0.3, -0.25) is 0 Å². The lowest BCUT2D eigenvalue weighted by Crippen LogP contribution is -2.15. The van der Waals surface area contributed by atoms with E-state index in [1.807, 2.05) is 13.8 Å². The van der Waals surface area contributed by atoms with Gasteiger partial charge < -0.3 is 20.9 Å². The molecule has 0 radical (unpaired) electrons. The molecule has 0 bridgehead atoms. The predicted octanol–water partition coefficient (Wildman–Crippen LogP) is 2.19. The van der Waals surface area contributed by atoms with E-state index in [2.05, 4.69) is 5.32 Å². The number of hydrogen-bond donors (Lipinski definition) is 3. The summed E-state index contributed by atoms with van der Waals surface area (Å²) in [5.74, 6) is -1.56. The molecule has 1 rings (SSSR count). The Balaban J connectivity index is 2.63. The molecular weight excluding hydrogens is 251 g/mol. The Labute approximate surface area is 111 Å². The molecule has 0 amide bonds. The van der Waals surface area contributed by atoms with Crippen molar-refractivity contribution in [1.29, 1.82) is 0 Å². The van der Waals surface area contributed by atoms with Gasteiger partial charge in [0, 0.05) is 13.2 Å². The summed E-state index contributed by atoms with van der Waals surface area (Å²) in [7, 11) is 0. The van der Waals surface area contributed by atoms with Gasteiger partial charge in [-0.2, -0.15) is 0 Å². The van der Waals surface area contributed by atoms with E-state index < -0.39 is 11.8 Å². The van der Waals surface area contributed by atoms with Crippen molar-refractivity contribution in [1.82, 2.24) is 0 Å². The van der Waals surface area contributed by atoms with Gasteiger partial charge >= 0.3 is 5.97 Å². The van der Waals surface area contributed by atoms with Crippen LogP contribution in [-0.2, 0) is 4.74 Å². The summed E-state index contributed by atoms with van der Waals surface area (Å²) in [6, 6.07) is 2.50. The van der Waals surface area contributed by atoms with E-state index in [1.54, 1.807) is 0 Å². The average molecular weight is 270 g/mol. The Bertz CT molecular complexity index is 450. The van der Waals surface area contributed by atoms with Gasteiger partial charge in [-0.1, -0.05) is 13.8 Å². The van der Waals surface area contributed by atoms with Gasteiger partial charge in [-0.05, 0) is 18.1 Å². The van der Waals surface area contributed by atoms with E-state index in [-0.39, 0.29) is 11.3 Å². The largest absolute Gasteiger partial charge is 0.478 e. The SMILES string of the molecule is CC(C)COCCNc1ccc(F)c(N)c1C(=O)O. The van der Waals surface area contributed by atoms with Crippen LogP contribution in [0, 0.1) is 11.7 Å². The molecule has 0 aromatic heterocycles. The first kappa shape index (κ1) is 15.2. The molecule has 0 unspecified atom stereocenters. The summed E-state index contributed by atoms with van der Waals surface area (Å²) in [6.07, 6.45) is 0. The second-order valence-electron chi connectivity index (χ2n) is 4.58. The Morgan fingerprint density at radius 2 is 2.21 bits per heavy atom. The first-order valence-corrected chi connectivity index (χ1v) is 6.06. The van der Waals surface area contributed by atoms with Gasteiger partial charge in [0.2, 0.25) is 0 Å². The van der Waals surface area contributed by atoms with Crippen molar-refractivity contribution < 1.29 is 19.0 Å². The number of rotatable bonds is 7. The molecule has 4 N–H and O–H groups in total. The maximum atomic E-state index is 13.2. The van der Waals surface area contributed by atoms with Crippen molar-refractivity contribution in [3.63, 3.8) is 0 Å². The van der Waals surface area contributed by atoms with Crippen LogP contribution in [0.15, 0.2) is 12.1 Å². The van der Waals surface area contributed by atoms with Gasteiger partial charge in [0.25, 0.3) is 0 Å². The van der Waals surface area contributed by atoms with Crippen LogP contribution in [0.25, 0.3) is 0 Å². The Morgan fingerprint density at radius 3 is 2.79 bits per heavy atom. The molecule has 0 aliphatic rings. The topological polar surface area (TPSA) is 84.6 Å². The van der Waals surface area contributed by atoms with E-state index in [0.717, 1.165) is 6.07 Å². The smallest absolute Gasteiger partial charge is 0.340 e. The molecule has 6 heteroatoms. The highest BCUT2D eigenvalue weighted by Gasteiger charge is 2.17. The summed E-state index contributed by atoms with van der Waals surface area (Å²) in [6.45, 7) is 5.58. The molecule has 19 heavy (non-hydrogen) atoms. The van der Waals surface area contributed by atoms with E-state index in [9.17, 15) is 9.18 Å². The zero-order chi connectivity index (χ0) is 14.4. The molecule has 106 valence electrons. The lowest BCUT2D eigenvalue weighted by atomic mass is 10.1. The summed E-state index contributed by atoms with van der Waals surface area (Å²) >= 11 is 0. The highest BCUT2D eigenvalue weighted by atomic mass is 19.1. The highest BCUT2D eigenvalue weighted by Crippen LogP contribution is 2.24. The lowest BCUT2D eigenvalue weighted by molar-refractivity contribution is 0.0698. The third kappa shape index (κ3) is 4.40. The third-order valence-electron chi connectivity index (χ3n) is 2.42. The number of carboxylic acids is 1. The zero-order valence-electron chi connectivity index (χ0n) is 11.1. The molecule has 0 saturated carbocycles. The number of carbonyl (C=O) groups is 1. The molecule has 1 aromatic rings. The Kier molecular flexibility index (Phi) is 5.57. The van der Waals surface area contributed by atoms with Gasteiger partial charge in [0.15, 0.2) is 0 Å². The van der Waals surface area contributed by atoms with E-state index in [4.69, 9.17) is 15.6 Å². The normalized spacial score (nSPS) is 10.7. The fraction of sp³-hybridized carbons (Fsp3) is 0.462. The van der Waals surface area contributed by atoms with Crippen molar-refractivity contribution >= 4 is 17.3 Å². The van der Waals surface area contributed by atoms with Crippen LogP contribution in [0.2, 0.25) is 0 Å². The molecule has 0 aliphatic carbocycles. The fourth-order valence-corrected chi connectivity index (χ4v) is 1.55. The minimum atomic E-state index is -1.26. The van der Waals surface area contributed by atoms with Crippen LogP contribution < -0.4 is 11.1 Å². The van der Waals surface area contributed by atoms with E-state index in [1.165, 1.54) is 6.07 Å². The van der Waals surface area contributed by atoms with Crippen LogP contribution in [0.1, 0.15) is 24.2 Å². The Morgan fingerprint density at radius 1 is 1.53 bits per heavy atom. The van der Waals surface area contributed by atoms with Crippen LogP contribution >= 0.6 is 0 Å². The van der Waals surface area contributed by atoms with Crippen LogP contribution in [0.4, 0.5) is 15.8 Å². The minimum absolute atomic E-state index is 0.246. The number of carboxylic acid groups (broad SMARTS) is 1. The van der Waals surface area contributed by atoms with Gasteiger partial charge in [-0.15, -0.1) is 0 Å². The summed E-state index contributed by atoms with van der Waals surface area (Å²) < 4.78 is 18.6. The average Bonchev–Trinajstić information content (AvgIpc) is 2.32. The van der Waals surface area contributed by atoms with Crippen molar-refractivity contribution in [2.45, 2.75) is 13.8 Å². The van der Waals surface area contributed by atoms with E-state index >= 15 is 0 Å². The first-order valence-electron chi connectivity index (χ1n) is 6.06. The molecular formula is C13H19FN2O3. The van der Waals surface area contributed by atoms with E-state index in [0.29, 0.717) is 31.4 Å². The first-order chi connectivity index (χ1) is 8.93. The molecule has 0 atom stereocenters. The molecule has 0 saturated heterocycles. The summed E-state index contributed by atoms with van der Waals surface area (Å²) in [5, 5.41) is 11.9. The number of aromatic carboxylic acids is 1. The zero-order valence-corrected chi connectivity index (χ0v) is 11.1. The minimum Gasteiger partial charge on any atom is -0.478 e. The van der Waals surface area contributed by atoms with Crippen molar-refractivity contribution in [2.24, 2.45) is 5.92 Å². The van der Waals surface area contributed by atoms with Crippen LogP contribution in [0.3, 0.4) is 0 Å². The quantitative estimate of drug-likeness (QED) is 0.522. The number of hydrogen-bond acceptors (Lipinski definition) is 4. The van der Waals surface area contributed by atoms with Crippen molar-refractivity contribution in [2.75, 3.05) is 30.8 Å². The maximum Gasteiger partial charge on any atom is 0.340 e. The van der Waals surface area contributed by atoms with Gasteiger partial charge in [0.1, 0.15) is 11.4 Å². The van der Waals surface area contributed by atoms with Crippen molar-refractivity contribution in [3.05, 3.63) is 23.5 Å². The number of ether oxygens (including phenoxy) is 1. The number of halogens is 1. The molecule has 0 fully saturated rings. The number of nitrogens with one attached hydrogen (secondary N) is 1. The monoisotopic (exact) mass is 270 g/mol. The number of benzene rings is 1. The molecule has 1 aromatic carbocycles. The summed E-state index contributed by atoms with van der Waals surface area (Å²) in [5.41, 5.74) is 5.11. The number of anilines is 2. The predicted molar refractivity (Wildman–Crippen MR) is 71.9 cm³/mol. The molecule has 5 nitrogen and oxygen atoms in total. The van der Waals surface area contributed by atoms with Crippen LogP contribution in [-0.4, -0.2) is 30.8 Å². The molecule has 0 aliphatic heterocycles. The third-order valence-corrected chi connectivity index (χ3v) is 2.42. The molecule has 0 spiro atoms. The second-order valence-corrected chi connectivity index (χ2v) is 4.58. The lowest BCUT2D eigenvalue weighted by Gasteiger charge is -2.12. The number of nitrogen functional groups attached to an aromatic ring is 1. The highest BCUT2D eigenvalue weighted by molar-refractivity contribution is 6.00. The van der Waals surface area contributed by atoms with Gasteiger partial charge in [0.05, 0.1) is 18.0 Å². The maximum absolute atomic E-state index is 13.2. The number of nitrogens with two attached hydrogens (primary N) is 1. The molecule has 0 heterocycles. The fourth-order valence-electron chi connectivity index (χ4n) is 1.55.